The molecule has 0 radical (unpaired) electrons. The van der Waals surface area contributed by atoms with Gasteiger partial charge in [-0.1, -0.05) is 30.3 Å². The van der Waals surface area contributed by atoms with Crippen molar-refractivity contribution in [3.8, 4) is 0 Å². The molecule has 0 atom stereocenters. The van der Waals surface area contributed by atoms with Crippen LogP contribution in [-0.2, 0) is 10.2 Å². The van der Waals surface area contributed by atoms with Crippen molar-refractivity contribution in [2.75, 3.05) is 33.4 Å². The van der Waals surface area contributed by atoms with Crippen LogP contribution >= 0.6 is 0 Å². The molecule has 128 valence electrons. The smallest absolute Gasteiger partial charge is 0.161 e. The molecule has 2 fully saturated rings. The Hall–Kier alpha value is -1.72. The molecule has 2 saturated heterocycles. The number of hydrogen-bond donors (Lipinski definition) is 1. The minimum absolute atomic E-state index is 0.0618. The summed E-state index contributed by atoms with van der Waals surface area (Å²) in [7, 11) is 2.19. The van der Waals surface area contributed by atoms with Gasteiger partial charge in [0, 0.05) is 19.1 Å². The Bertz CT molecular complexity index is 655. The van der Waals surface area contributed by atoms with E-state index in [-0.39, 0.29) is 5.41 Å². The maximum atomic E-state index is 5.48. The molecule has 1 aromatic carbocycles. The van der Waals surface area contributed by atoms with Gasteiger partial charge < -0.3 is 9.64 Å². The molecule has 1 aromatic heterocycles. The molecule has 0 unspecified atom stereocenters. The van der Waals surface area contributed by atoms with Gasteiger partial charge in [-0.25, -0.2) is 4.98 Å². The summed E-state index contributed by atoms with van der Waals surface area (Å²) in [5, 5.41) is 7.94. The molecule has 24 heavy (non-hydrogen) atoms. The maximum Gasteiger partial charge on any atom is 0.161 e. The first-order valence-corrected chi connectivity index (χ1v) is 9.02. The van der Waals surface area contributed by atoms with Gasteiger partial charge in [-0.05, 0) is 51.4 Å². The van der Waals surface area contributed by atoms with Crippen LogP contribution in [0.15, 0.2) is 30.3 Å². The van der Waals surface area contributed by atoms with Crippen LogP contribution in [0.5, 0.6) is 0 Å². The van der Waals surface area contributed by atoms with Crippen LogP contribution in [0.4, 0.5) is 0 Å². The van der Waals surface area contributed by atoms with Crippen LogP contribution in [0.25, 0.3) is 0 Å². The third kappa shape index (κ3) is 2.87. The lowest BCUT2D eigenvalue weighted by Gasteiger charge is -2.39. The standard InChI is InChI=1S/C19H26N4O/c1-23-11-9-19(10-12-23,16-5-3-2-4-6-16)18-20-17(21-22-18)15-7-13-24-14-8-15/h2-6,15H,7-14H2,1H3,(H,20,21,22). The molecule has 0 saturated carbocycles. The van der Waals surface area contributed by atoms with Gasteiger partial charge in [0.1, 0.15) is 5.82 Å². The van der Waals surface area contributed by atoms with Crippen molar-refractivity contribution in [2.45, 2.75) is 37.0 Å². The van der Waals surface area contributed by atoms with E-state index >= 15 is 0 Å². The average molecular weight is 326 g/mol. The van der Waals surface area contributed by atoms with Crippen molar-refractivity contribution in [1.82, 2.24) is 20.1 Å². The fourth-order valence-corrected chi connectivity index (χ4v) is 4.04. The van der Waals surface area contributed by atoms with E-state index in [4.69, 9.17) is 14.8 Å². The highest BCUT2D eigenvalue weighted by atomic mass is 16.5. The van der Waals surface area contributed by atoms with Crippen molar-refractivity contribution in [3.05, 3.63) is 47.5 Å². The van der Waals surface area contributed by atoms with E-state index in [1.807, 2.05) is 0 Å². The lowest BCUT2D eigenvalue weighted by Crippen LogP contribution is -2.42. The predicted molar refractivity (Wildman–Crippen MR) is 93.1 cm³/mol. The Morgan fingerprint density at radius 3 is 2.54 bits per heavy atom. The Labute approximate surface area is 143 Å². The number of aromatic nitrogens is 3. The summed E-state index contributed by atoms with van der Waals surface area (Å²) in [5.74, 6) is 2.48. The third-order valence-electron chi connectivity index (χ3n) is 5.71. The number of H-pyrrole nitrogens is 1. The van der Waals surface area contributed by atoms with Crippen LogP contribution in [0.1, 0.15) is 48.8 Å². The van der Waals surface area contributed by atoms with Crippen molar-refractivity contribution >= 4 is 0 Å². The quantitative estimate of drug-likeness (QED) is 0.942. The van der Waals surface area contributed by atoms with E-state index in [0.717, 1.165) is 63.6 Å². The van der Waals surface area contributed by atoms with Gasteiger partial charge in [0.25, 0.3) is 0 Å². The second kappa shape index (κ2) is 6.65. The van der Waals surface area contributed by atoms with Crippen LogP contribution in [0.2, 0.25) is 0 Å². The molecule has 3 heterocycles. The molecule has 2 aliphatic heterocycles. The molecule has 5 heteroatoms. The molecule has 0 spiro atoms. The summed E-state index contributed by atoms with van der Waals surface area (Å²) >= 11 is 0. The number of rotatable bonds is 3. The van der Waals surface area contributed by atoms with Gasteiger partial charge in [-0.15, -0.1) is 0 Å². The monoisotopic (exact) mass is 326 g/mol. The molecule has 4 rings (SSSR count). The van der Waals surface area contributed by atoms with E-state index in [1.165, 1.54) is 5.56 Å². The Balaban J connectivity index is 1.68. The molecule has 1 N–H and O–H groups in total. The minimum atomic E-state index is -0.0618. The zero-order chi connectivity index (χ0) is 16.4. The Morgan fingerprint density at radius 1 is 1.12 bits per heavy atom. The summed E-state index contributed by atoms with van der Waals surface area (Å²) < 4.78 is 5.48. The minimum Gasteiger partial charge on any atom is -0.381 e. The van der Waals surface area contributed by atoms with E-state index in [1.54, 1.807) is 0 Å². The summed E-state index contributed by atoms with van der Waals surface area (Å²) in [5.41, 5.74) is 1.28. The van der Waals surface area contributed by atoms with Crippen molar-refractivity contribution in [2.24, 2.45) is 0 Å². The fourth-order valence-electron chi connectivity index (χ4n) is 4.04. The van der Waals surface area contributed by atoms with Gasteiger partial charge in [-0.2, -0.15) is 5.10 Å². The van der Waals surface area contributed by atoms with Gasteiger partial charge in [0.2, 0.25) is 0 Å². The maximum absolute atomic E-state index is 5.48. The summed E-state index contributed by atoms with van der Waals surface area (Å²) in [6, 6.07) is 10.8. The molecule has 2 aliphatic rings. The molecular formula is C19H26N4O. The first-order chi connectivity index (χ1) is 11.8. The van der Waals surface area contributed by atoms with Gasteiger partial charge in [-0.3, -0.25) is 5.10 Å². The fraction of sp³-hybridized carbons (Fsp3) is 0.579. The molecule has 0 aliphatic carbocycles. The Morgan fingerprint density at radius 2 is 1.83 bits per heavy atom. The highest BCUT2D eigenvalue weighted by Gasteiger charge is 2.41. The first-order valence-electron chi connectivity index (χ1n) is 9.02. The second-order valence-electron chi connectivity index (χ2n) is 7.18. The number of piperidine rings is 1. The van der Waals surface area contributed by atoms with Crippen LogP contribution in [0.3, 0.4) is 0 Å². The zero-order valence-corrected chi connectivity index (χ0v) is 14.4. The van der Waals surface area contributed by atoms with E-state index in [9.17, 15) is 0 Å². The van der Waals surface area contributed by atoms with Crippen LogP contribution in [-0.4, -0.2) is 53.4 Å². The molecule has 0 bridgehead atoms. The highest BCUT2D eigenvalue weighted by molar-refractivity contribution is 5.34. The Kier molecular flexibility index (Phi) is 4.37. The SMILES string of the molecule is CN1CCC(c2ccccc2)(c2n[nH]c(C3CCOCC3)n2)CC1. The van der Waals surface area contributed by atoms with Crippen molar-refractivity contribution < 1.29 is 4.74 Å². The lowest BCUT2D eigenvalue weighted by molar-refractivity contribution is 0.0836. The summed E-state index contributed by atoms with van der Waals surface area (Å²) in [6.07, 6.45) is 4.21. The van der Waals surface area contributed by atoms with Gasteiger partial charge in [0.05, 0.1) is 5.41 Å². The number of hydrogen-bond acceptors (Lipinski definition) is 4. The van der Waals surface area contributed by atoms with Gasteiger partial charge in [0.15, 0.2) is 5.82 Å². The first kappa shape index (κ1) is 15.8. The molecule has 2 aromatic rings. The van der Waals surface area contributed by atoms with Gasteiger partial charge >= 0.3 is 0 Å². The largest absolute Gasteiger partial charge is 0.381 e. The van der Waals surface area contributed by atoms with E-state index < -0.39 is 0 Å². The third-order valence-corrected chi connectivity index (χ3v) is 5.71. The molecule has 0 amide bonds. The molecular weight excluding hydrogens is 300 g/mol. The van der Waals surface area contributed by atoms with Crippen molar-refractivity contribution in [1.29, 1.82) is 0 Å². The van der Waals surface area contributed by atoms with Crippen LogP contribution in [0, 0.1) is 0 Å². The highest BCUT2D eigenvalue weighted by Crippen LogP contribution is 2.40. The number of likely N-dealkylation sites (tertiary alicyclic amines) is 1. The number of ether oxygens (including phenoxy) is 1. The predicted octanol–water partition coefficient (Wildman–Crippen LogP) is 2.71. The van der Waals surface area contributed by atoms with Crippen molar-refractivity contribution in [3.63, 3.8) is 0 Å². The second-order valence-corrected chi connectivity index (χ2v) is 7.18. The number of benzene rings is 1. The topological polar surface area (TPSA) is 54.0 Å². The zero-order valence-electron chi connectivity index (χ0n) is 14.4. The van der Waals surface area contributed by atoms with Crippen LogP contribution < -0.4 is 0 Å². The van der Waals surface area contributed by atoms with E-state index in [2.05, 4.69) is 47.4 Å². The average Bonchev–Trinajstić information content (AvgIpc) is 3.15. The summed E-state index contributed by atoms with van der Waals surface area (Å²) in [4.78, 5) is 7.39. The number of nitrogens with zero attached hydrogens (tertiary/aromatic N) is 3. The van der Waals surface area contributed by atoms with E-state index in [0.29, 0.717) is 5.92 Å². The number of nitrogens with one attached hydrogen (secondary N) is 1. The summed E-state index contributed by atoms with van der Waals surface area (Å²) in [6.45, 7) is 3.82. The number of aromatic amines is 1. The normalized spacial score (nSPS) is 22.5. The lowest BCUT2D eigenvalue weighted by atomic mass is 9.72. The molecule has 5 nitrogen and oxygen atoms in total.